The van der Waals surface area contributed by atoms with Gasteiger partial charge in [-0.15, -0.1) is 95.9 Å². The number of hydrogen-bond donors (Lipinski definition) is 4. The summed E-state index contributed by atoms with van der Waals surface area (Å²) in [5.74, 6) is 0. The second-order valence-corrected chi connectivity index (χ2v) is 11.6. The molecule has 0 aliphatic rings. The maximum atomic E-state index is 4.86. The standard InChI is InChI=1S/2C3H2S5.Pd/c2*4-1-2(5)8-3(6)7-1;/h2*4-5H;/q;;+2. The first-order chi connectivity index (χ1) is 7.40. The third kappa shape index (κ3) is 7.25. The molecule has 2 rings (SSSR count). The third-order valence-corrected chi connectivity index (χ3v) is 8.55. The van der Waals surface area contributed by atoms with E-state index in [1.807, 2.05) is 0 Å². The predicted molar refractivity (Wildman–Crippen MR) is 95.1 cm³/mol. The van der Waals surface area contributed by atoms with Crippen LogP contribution >= 0.6 is 120 Å². The van der Waals surface area contributed by atoms with Gasteiger partial charge in [0.05, 0.1) is 16.8 Å². The van der Waals surface area contributed by atoms with Crippen molar-refractivity contribution in [3.63, 3.8) is 0 Å². The molecule has 0 spiro atoms. The first kappa shape index (κ1) is 19.6. The van der Waals surface area contributed by atoms with Gasteiger partial charge in [0.2, 0.25) is 0 Å². The summed E-state index contributed by atoms with van der Waals surface area (Å²) in [4.78, 5) is 0. The minimum atomic E-state index is 0. The van der Waals surface area contributed by atoms with E-state index in [0.29, 0.717) is 0 Å². The fraction of sp³-hybridized carbons (Fsp3) is 0. The topological polar surface area (TPSA) is 0 Å². The van der Waals surface area contributed by atoms with Gasteiger partial charge < -0.3 is 0 Å². The van der Waals surface area contributed by atoms with Crippen molar-refractivity contribution in [1.82, 2.24) is 0 Å². The molecule has 0 aromatic carbocycles. The molecule has 17 heavy (non-hydrogen) atoms. The summed E-state index contributed by atoms with van der Waals surface area (Å²) < 4.78 is 5.46. The van der Waals surface area contributed by atoms with E-state index < -0.39 is 0 Å². The largest absolute Gasteiger partial charge is 2.00 e. The molecule has 0 N–H and O–H groups in total. The first-order valence-corrected chi connectivity index (χ1v) is 9.31. The average Bonchev–Trinajstić information content (AvgIpc) is 2.58. The van der Waals surface area contributed by atoms with Gasteiger partial charge in [-0.25, -0.2) is 0 Å². The molecule has 0 aliphatic heterocycles. The van der Waals surface area contributed by atoms with Crippen LogP contribution in [0.15, 0.2) is 16.8 Å². The van der Waals surface area contributed by atoms with Crippen molar-refractivity contribution in [2.24, 2.45) is 0 Å². The van der Waals surface area contributed by atoms with Crippen LogP contribution in [0.25, 0.3) is 0 Å². The van der Waals surface area contributed by atoms with Crippen LogP contribution in [0.3, 0.4) is 0 Å². The molecule has 0 unspecified atom stereocenters. The summed E-state index contributed by atoms with van der Waals surface area (Å²) in [5.41, 5.74) is 0. The summed E-state index contributed by atoms with van der Waals surface area (Å²) in [6.45, 7) is 0. The molecule has 0 amide bonds. The Kier molecular flexibility index (Phi) is 11.0. The Hall–Kier alpha value is 2.60. The second kappa shape index (κ2) is 9.52. The van der Waals surface area contributed by atoms with Crippen LogP contribution in [0, 0.1) is 6.28 Å². The summed E-state index contributed by atoms with van der Waals surface area (Å²) >= 11 is 32.1. The van der Waals surface area contributed by atoms with Crippen LogP contribution in [-0.4, -0.2) is 0 Å². The Morgan fingerprint density at radius 2 is 0.765 bits per heavy atom. The van der Waals surface area contributed by atoms with Gasteiger partial charge in [-0.2, -0.15) is 0 Å². The van der Waals surface area contributed by atoms with Gasteiger partial charge in [0.1, 0.15) is 6.28 Å². The van der Waals surface area contributed by atoms with E-state index >= 15 is 0 Å². The molecule has 2 aromatic rings. The molecular formula is C6H4PdS10+2. The fourth-order valence-electron chi connectivity index (χ4n) is 0.532. The van der Waals surface area contributed by atoms with Crippen molar-refractivity contribution in [3.05, 3.63) is 6.28 Å². The van der Waals surface area contributed by atoms with Crippen molar-refractivity contribution >= 4 is 120 Å². The van der Waals surface area contributed by atoms with Crippen molar-refractivity contribution < 1.29 is 20.4 Å². The molecular weight excluding hydrogens is 499 g/mol. The van der Waals surface area contributed by atoms with E-state index in [9.17, 15) is 0 Å². The van der Waals surface area contributed by atoms with Crippen molar-refractivity contribution in [3.8, 4) is 0 Å². The van der Waals surface area contributed by atoms with Gasteiger partial charge in [0.25, 0.3) is 0 Å². The molecule has 2 aromatic heterocycles. The van der Waals surface area contributed by atoms with E-state index in [1.165, 1.54) is 45.3 Å². The smallest absolute Gasteiger partial charge is 0.131 e. The van der Waals surface area contributed by atoms with Crippen molar-refractivity contribution in [1.29, 1.82) is 0 Å². The van der Waals surface area contributed by atoms with E-state index in [0.717, 1.165) is 23.1 Å². The fourth-order valence-corrected chi connectivity index (χ4v) is 7.47. The Bertz CT molecular complexity index is 473. The molecule has 11 heteroatoms. The first-order valence-electron chi connectivity index (χ1n) is 3.44. The summed E-state index contributed by atoms with van der Waals surface area (Å²) in [6.07, 6.45) is 0. The van der Waals surface area contributed by atoms with Gasteiger partial charge in [0.15, 0.2) is 0 Å². The zero-order chi connectivity index (χ0) is 12.3. The molecule has 0 fully saturated rings. The van der Waals surface area contributed by atoms with E-state index in [1.54, 1.807) is 0 Å². The van der Waals surface area contributed by atoms with Gasteiger partial charge in [-0.1, -0.05) is 24.4 Å². The van der Waals surface area contributed by atoms with Gasteiger partial charge in [-0.3, -0.25) is 0 Å². The van der Waals surface area contributed by atoms with Crippen LogP contribution in [-0.2, 0) is 20.4 Å². The molecule has 0 radical (unpaired) electrons. The quantitative estimate of drug-likeness (QED) is 0.191. The SMILES string of the molecule is S=c1sc(S)c(S)s1.S=c1sc(S)c(S)s1.[Pd+2]. The molecule has 0 bridgehead atoms. The molecule has 0 saturated heterocycles. The van der Waals surface area contributed by atoms with Crippen LogP contribution in [0.1, 0.15) is 0 Å². The zero-order valence-corrected chi connectivity index (χ0v) is 17.6. The van der Waals surface area contributed by atoms with E-state index in [-0.39, 0.29) is 20.4 Å². The Balaban J connectivity index is 0.000000284. The van der Waals surface area contributed by atoms with Gasteiger partial charge >= 0.3 is 20.4 Å². The van der Waals surface area contributed by atoms with E-state index in [2.05, 4.69) is 50.5 Å². The normalized spacial score (nSPS) is 9.18. The molecule has 0 aliphatic carbocycles. The van der Waals surface area contributed by atoms with Crippen LogP contribution in [0.2, 0.25) is 0 Å². The number of thiol groups is 4. The molecule has 0 nitrogen and oxygen atoms in total. The summed E-state index contributed by atoms with van der Waals surface area (Å²) in [7, 11) is 0. The predicted octanol–water partition coefficient (Wildman–Crippen LogP) is 6.23. The number of hydrogen-bond acceptors (Lipinski definition) is 10. The molecule has 2 heterocycles. The average molecular weight is 503 g/mol. The zero-order valence-electron chi connectivity index (χ0n) is 7.55. The molecule has 96 valence electrons. The molecule has 0 saturated carbocycles. The maximum Gasteiger partial charge on any atom is 2.00 e. The number of rotatable bonds is 0. The Morgan fingerprint density at radius 3 is 0.824 bits per heavy atom. The third-order valence-electron chi connectivity index (χ3n) is 1.09. The Morgan fingerprint density at radius 1 is 0.588 bits per heavy atom. The minimum absolute atomic E-state index is 0. The van der Waals surface area contributed by atoms with Crippen molar-refractivity contribution in [2.75, 3.05) is 0 Å². The van der Waals surface area contributed by atoms with Crippen LogP contribution in [0.4, 0.5) is 0 Å². The summed E-state index contributed by atoms with van der Waals surface area (Å²) in [5, 5.41) is 0. The summed E-state index contributed by atoms with van der Waals surface area (Å²) in [6, 6.07) is 0. The second-order valence-electron chi connectivity index (χ2n) is 2.13. The van der Waals surface area contributed by atoms with Crippen LogP contribution < -0.4 is 0 Å². The Labute approximate surface area is 161 Å². The van der Waals surface area contributed by atoms with Crippen molar-refractivity contribution in [2.45, 2.75) is 16.8 Å². The van der Waals surface area contributed by atoms with Gasteiger partial charge in [0, 0.05) is 0 Å². The van der Waals surface area contributed by atoms with Gasteiger partial charge in [-0.05, 0) is 0 Å². The monoisotopic (exact) mass is 502 g/mol. The minimum Gasteiger partial charge on any atom is -0.131 e. The molecule has 0 atom stereocenters. The maximum absolute atomic E-state index is 4.86. The van der Waals surface area contributed by atoms with E-state index in [4.69, 9.17) is 24.4 Å². The van der Waals surface area contributed by atoms with Crippen LogP contribution in [0.5, 0.6) is 0 Å².